The molecule has 0 saturated heterocycles. The largest absolute Gasteiger partial charge is 0.495 e. The number of hydrogen-bond donors (Lipinski definition) is 1. The lowest BCUT2D eigenvalue weighted by molar-refractivity contribution is 0.102. The van der Waals surface area contributed by atoms with Gasteiger partial charge in [-0.05, 0) is 31.5 Å². The summed E-state index contributed by atoms with van der Waals surface area (Å²) in [6.45, 7) is 4.51. The highest BCUT2D eigenvalue weighted by Gasteiger charge is 2.19. The standard InChI is InChI=1S/C21H22ClN3O4/c1-5-8-25-11-14(19(26)13-7-6-12(2)23-20(13)25)21(27)24-16-9-15(22)17(28-3)10-18(16)29-4/h6-7,9-11H,5,8H2,1-4H3,(H,24,27). The smallest absolute Gasteiger partial charge is 0.261 e. The highest BCUT2D eigenvalue weighted by molar-refractivity contribution is 6.32. The Bertz CT molecular complexity index is 1140. The molecule has 152 valence electrons. The van der Waals surface area contributed by atoms with Crippen molar-refractivity contribution in [1.82, 2.24) is 9.55 Å². The molecule has 2 heterocycles. The third-order valence-electron chi connectivity index (χ3n) is 4.49. The number of hydrogen-bond acceptors (Lipinski definition) is 5. The van der Waals surface area contributed by atoms with E-state index in [2.05, 4.69) is 10.3 Å². The van der Waals surface area contributed by atoms with Crippen LogP contribution in [0.1, 0.15) is 29.4 Å². The van der Waals surface area contributed by atoms with Gasteiger partial charge in [0, 0.05) is 24.5 Å². The summed E-state index contributed by atoms with van der Waals surface area (Å²) < 4.78 is 12.3. The molecule has 0 atom stereocenters. The number of carbonyl (C=O) groups excluding carboxylic acids is 1. The van der Waals surface area contributed by atoms with Crippen molar-refractivity contribution in [3.8, 4) is 11.5 Å². The lowest BCUT2D eigenvalue weighted by atomic mass is 10.1. The highest BCUT2D eigenvalue weighted by Crippen LogP contribution is 2.36. The molecule has 1 aromatic carbocycles. The molecule has 0 spiro atoms. The van der Waals surface area contributed by atoms with Gasteiger partial charge in [0.1, 0.15) is 22.7 Å². The monoisotopic (exact) mass is 415 g/mol. The van der Waals surface area contributed by atoms with E-state index in [4.69, 9.17) is 21.1 Å². The number of nitrogens with zero attached hydrogens (tertiary/aromatic N) is 2. The predicted octanol–water partition coefficient (Wildman–Crippen LogP) is 4.04. The Hall–Kier alpha value is -3.06. The number of nitrogens with one attached hydrogen (secondary N) is 1. The van der Waals surface area contributed by atoms with Gasteiger partial charge in [-0.25, -0.2) is 4.98 Å². The fourth-order valence-corrected chi connectivity index (χ4v) is 3.32. The number of ether oxygens (including phenoxy) is 2. The quantitative estimate of drug-likeness (QED) is 0.657. The first-order valence-electron chi connectivity index (χ1n) is 9.13. The van der Waals surface area contributed by atoms with Crippen LogP contribution >= 0.6 is 11.6 Å². The van der Waals surface area contributed by atoms with Crippen LogP contribution in [0.2, 0.25) is 5.02 Å². The van der Waals surface area contributed by atoms with Gasteiger partial charge in [-0.2, -0.15) is 0 Å². The Morgan fingerprint density at radius 2 is 1.93 bits per heavy atom. The average molecular weight is 416 g/mol. The second-order valence-electron chi connectivity index (χ2n) is 6.53. The van der Waals surface area contributed by atoms with Crippen LogP contribution in [0, 0.1) is 6.92 Å². The van der Waals surface area contributed by atoms with E-state index in [-0.39, 0.29) is 11.0 Å². The molecule has 0 bridgehead atoms. The van der Waals surface area contributed by atoms with Crippen LogP contribution in [0.5, 0.6) is 11.5 Å². The van der Waals surface area contributed by atoms with E-state index in [0.29, 0.717) is 39.8 Å². The van der Waals surface area contributed by atoms with Crippen molar-refractivity contribution < 1.29 is 14.3 Å². The van der Waals surface area contributed by atoms with E-state index >= 15 is 0 Å². The minimum atomic E-state index is -0.554. The van der Waals surface area contributed by atoms with Gasteiger partial charge in [0.15, 0.2) is 0 Å². The molecule has 0 fully saturated rings. The second-order valence-corrected chi connectivity index (χ2v) is 6.94. The predicted molar refractivity (Wildman–Crippen MR) is 114 cm³/mol. The minimum Gasteiger partial charge on any atom is -0.495 e. The van der Waals surface area contributed by atoms with Crippen LogP contribution < -0.4 is 20.2 Å². The van der Waals surface area contributed by atoms with Crippen LogP contribution in [0.15, 0.2) is 35.3 Å². The number of halogens is 1. The molecule has 0 aliphatic carbocycles. The molecule has 29 heavy (non-hydrogen) atoms. The summed E-state index contributed by atoms with van der Waals surface area (Å²) in [5, 5.41) is 3.43. The van der Waals surface area contributed by atoms with Gasteiger partial charge in [-0.15, -0.1) is 0 Å². The Labute approximate surface area is 173 Å². The zero-order valence-corrected chi connectivity index (χ0v) is 17.5. The normalized spacial score (nSPS) is 10.8. The SMILES string of the molecule is CCCn1cc(C(=O)Nc2cc(Cl)c(OC)cc2OC)c(=O)c2ccc(C)nc21. The van der Waals surface area contributed by atoms with Gasteiger partial charge in [0.05, 0.1) is 30.3 Å². The van der Waals surface area contributed by atoms with Gasteiger partial charge in [0.2, 0.25) is 5.43 Å². The van der Waals surface area contributed by atoms with Crippen LogP contribution in [-0.4, -0.2) is 29.7 Å². The number of pyridine rings is 2. The molecule has 0 saturated carbocycles. The van der Waals surface area contributed by atoms with Gasteiger partial charge in [-0.3, -0.25) is 9.59 Å². The number of rotatable bonds is 6. The Morgan fingerprint density at radius 1 is 1.21 bits per heavy atom. The van der Waals surface area contributed by atoms with E-state index in [1.165, 1.54) is 20.3 Å². The van der Waals surface area contributed by atoms with Gasteiger partial charge >= 0.3 is 0 Å². The molecule has 7 nitrogen and oxygen atoms in total. The molecular weight excluding hydrogens is 394 g/mol. The molecule has 3 aromatic rings. The summed E-state index contributed by atoms with van der Waals surface area (Å²) >= 11 is 6.17. The van der Waals surface area contributed by atoms with Gasteiger partial charge in [-0.1, -0.05) is 18.5 Å². The minimum absolute atomic E-state index is 0.0191. The Morgan fingerprint density at radius 3 is 2.59 bits per heavy atom. The maximum Gasteiger partial charge on any atom is 0.261 e. The van der Waals surface area contributed by atoms with Crippen molar-refractivity contribution in [3.05, 3.63) is 57.0 Å². The fraction of sp³-hybridized carbons (Fsp3) is 0.286. The van der Waals surface area contributed by atoms with Crippen molar-refractivity contribution >= 4 is 34.2 Å². The number of benzene rings is 1. The van der Waals surface area contributed by atoms with E-state index in [9.17, 15) is 9.59 Å². The Kier molecular flexibility index (Phi) is 6.08. The molecule has 1 N–H and O–H groups in total. The number of carbonyl (C=O) groups is 1. The van der Waals surface area contributed by atoms with Crippen molar-refractivity contribution in [2.24, 2.45) is 0 Å². The third-order valence-corrected chi connectivity index (χ3v) is 4.79. The molecule has 0 aliphatic rings. The number of aryl methyl sites for hydroxylation is 2. The first-order valence-corrected chi connectivity index (χ1v) is 9.51. The van der Waals surface area contributed by atoms with Crippen molar-refractivity contribution in [2.75, 3.05) is 19.5 Å². The molecule has 1 amide bonds. The van der Waals surface area contributed by atoms with E-state index in [1.54, 1.807) is 24.4 Å². The van der Waals surface area contributed by atoms with E-state index in [0.717, 1.165) is 12.1 Å². The summed E-state index contributed by atoms with van der Waals surface area (Å²) in [6.07, 6.45) is 2.38. The van der Waals surface area contributed by atoms with E-state index < -0.39 is 5.91 Å². The van der Waals surface area contributed by atoms with Gasteiger partial charge in [0.25, 0.3) is 5.91 Å². The van der Waals surface area contributed by atoms with Crippen LogP contribution in [0.25, 0.3) is 11.0 Å². The van der Waals surface area contributed by atoms with Crippen molar-refractivity contribution in [3.63, 3.8) is 0 Å². The molecule has 0 unspecified atom stereocenters. The molecular formula is C21H22ClN3O4. The van der Waals surface area contributed by atoms with Gasteiger partial charge < -0.3 is 19.4 Å². The lowest BCUT2D eigenvalue weighted by Gasteiger charge is -2.15. The summed E-state index contributed by atoms with van der Waals surface area (Å²) in [5.41, 5.74) is 1.35. The van der Waals surface area contributed by atoms with Crippen molar-refractivity contribution in [1.29, 1.82) is 0 Å². The summed E-state index contributed by atoms with van der Waals surface area (Å²) in [4.78, 5) is 30.4. The lowest BCUT2D eigenvalue weighted by Crippen LogP contribution is -2.24. The zero-order chi connectivity index (χ0) is 21.1. The molecule has 8 heteroatoms. The highest BCUT2D eigenvalue weighted by atomic mass is 35.5. The number of amides is 1. The topological polar surface area (TPSA) is 82.5 Å². The molecule has 2 aromatic heterocycles. The van der Waals surface area contributed by atoms with Crippen LogP contribution in [-0.2, 0) is 6.54 Å². The second kappa shape index (κ2) is 8.53. The number of anilines is 1. The molecule has 0 radical (unpaired) electrons. The summed E-state index contributed by atoms with van der Waals surface area (Å²) in [5.74, 6) is 0.229. The van der Waals surface area contributed by atoms with E-state index in [1.807, 2.05) is 18.4 Å². The van der Waals surface area contributed by atoms with Crippen LogP contribution in [0.3, 0.4) is 0 Å². The molecule has 3 rings (SSSR count). The third kappa shape index (κ3) is 4.05. The van der Waals surface area contributed by atoms with Crippen molar-refractivity contribution in [2.45, 2.75) is 26.8 Å². The number of fused-ring (bicyclic) bond motifs is 1. The van der Waals surface area contributed by atoms with Crippen LogP contribution in [0.4, 0.5) is 5.69 Å². The molecule has 0 aliphatic heterocycles. The first-order chi connectivity index (χ1) is 13.9. The average Bonchev–Trinajstić information content (AvgIpc) is 2.70. The summed E-state index contributed by atoms with van der Waals surface area (Å²) in [7, 11) is 2.95. The zero-order valence-electron chi connectivity index (χ0n) is 16.7. The number of aromatic nitrogens is 2. The maximum absolute atomic E-state index is 13.0. The maximum atomic E-state index is 13.0. The fourth-order valence-electron chi connectivity index (χ4n) is 3.08. The summed E-state index contributed by atoms with van der Waals surface area (Å²) in [6, 6.07) is 6.55. The Balaban J connectivity index is 2.08. The number of methoxy groups -OCH3 is 2. The first kappa shape index (κ1) is 20.7.